The van der Waals surface area contributed by atoms with Crippen LogP contribution in [-0.4, -0.2) is 39.5 Å². The zero-order chi connectivity index (χ0) is 14.6. The first-order chi connectivity index (χ1) is 8.82. The lowest BCUT2D eigenvalue weighted by molar-refractivity contribution is 0.0681. The second-order valence-corrected chi connectivity index (χ2v) is 5.18. The van der Waals surface area contributed by atoms with E-state index in [4.69, 9.17) is 5.11 Å². The van der Waals surface area contributed by atoms with Gasteiger partial charge in [-0.15, -0.1) is 0 Å². The zero-order valence-electron chi connectivity index (χ0n) is 11.8. The quantitative estimate of drug-likeness (QED) is 0.885. The molecule has 1 N–H and O–H groups in total. The van der Waals surface area contributed by atoms with Crippen LogP contribution in [0.25, 0.3) is 0 Å². The number of amides is 1. The molecule has 5 heteroatoms. The molecule has 0 saturated heterocycles. The first-order valence-corrected chi connectivity index (χ1v) is 6.33. The Labute approximate surface area is 113 Å². The van der Waals surface area contributed by atoms with E-state index in [-0.39, 0.29) is 17.6 Å². The Balaban J connectivity index is 3.02. The lowest BCUT2D eigenvalue weighted by Gasteiger charge is -2.28. The number of hydrogen-bond donors (Lipinski definition) is 1. The van der Waals surface area contributed by atoms with Gasteiger partial charge in [0.1, 0.15) is 5.69 Å². The molecule has 1 aromatic rings. The number of rotatable bonds is 5. The summed E-state index contributed by atoms with van der Waals surface area (Å²) in [5, 5.41) is 8.90. The van der Waals surface area contributed by atoms with Gasteiger partial charge in [0, 0.05) is 24.3 Å². The number of hydrogen-bond acceptors (Lipinski definition) is 3. The van der Waals surface area contributed by atoms with Crippen LogP contribution in [-0.2, 0) is 0 Å². The maximum atomic E-state index is 12.4. The Kier molecular flexibility index (Phi) is 5.03. The predicted molar refractivity (Wildman–Crippen MR) is 72.2 cm³/mol. The molecule has 0 aromatic carbocycles. The van der Waals surface area contributed by atoms with Crippen LogP contribution in [0.5, 0.6) is 0 Å². The van der Waals surface area contributed by atoms with Crippen molar-refractivity contribution in [2.75, 3.05) is 6.54 Å². The zero-order valence-corrected chi connectivity index (χ0v) is 11.8. The summed E-state index contributed by atoms with van der Waals surface area (Å²) in [6.45, 7) is 8.61. The highest BCUT2D eigenvalue weighted by Crippen LogP contribution is 2.12. The molecular formula is C14H20N2O3. The van der Waals surface area contributed by atoms with Crippen molar-refractivity contribution in [2.24, 2.45) is 5.92 Å². The first kappa shape index (κ1) is 15.1. The van der Waals surface area contributed by atoms with E-state index < -0.39 is 5.97 Å². The number of pyridine rings is 1. The van der Waals surface area contributed by atoms with Crippen molar-refractivity contribution in [3.63, 3.8) is 0 Å². The van der Waals surface area contributed by atoms with Gasteiger partial charge in [-0.25, -0.2) is 9.78 Å². The fraction of sp³-hybridized carbons (Fsp3) is 0.500. The maximum absolute atomic E-state index is 12.4. The van der Waals surface area contributed by atoms with Crippen LogP contribution in [0, 0.1) is 5.92 Å². The topological polar surface area (TPSA) is 70.5 Å². The predicted octanol–water partition coefficient (Wildman–Crippen LogP) is 2.29. The van der Waals surface area contributed by atoms with Crippen molar-refractivity contribution >= 4 is 11.9 Å². The van der Waals surface area contributed by atoms with Crippen LogP contribution in [0.1, 0.15) is 48.5 Å². The molecule has 0 atom stereocenters. The molecule has 0 fully saturated rings. The van der Waals surface area contributed by atoms with Crippen LogP contribution in [0.4, 0.5) is 0 Å². The summed E-state index contributed by atoms with van der Waals surface area (Å²) < 4.78 is 0. The third-order valence-corrected chi connectivity index (χ3v) is 2.67. The molecule has 104 valence electrons. The normalized spacial score (nSPS) is 10.8. The van der Waals surface area contributed by atoms with Crippen LogP contribution < -0.4 is 0 Å². The highest BCUT2D eigenvalue weighted by Gasteiger charge is 2.20. The fourth-order valence-corrected chi connectivity index (χ4v) is 1.77. The summed E-state index contributed by atoms with van der Waals surface area (Å²) in [7, 11) is 0. The van der Waals surface area contributed by atoms with Crippen molar-refractivity contribution < 1.29 is 14.7 Å². The smallest absolute Gasteiger partial charge is 0.354 e. The van der Waals surface area contributed by atoms with E-state index in [9.17, 15) is 9.59 Å². The summed E-state index contributed by atoms with van der Waals surface area (Å²) in [6.07, 6.45) is 1.35. The van der Waals surface area contributed by atoms with Gasteiger partial charge in [0.15, 0.2) is 0 Å². The average molecular weight is 264 g/mol. The van der Waals surface area contributed by atoms with Crippen molar-refractivity contribution in [2.45, 2.75) is 33.7 Å². The molecule has 0 spiro atoms. The van der Waals surface area contributed by atoms with Gasteiger partial charge < -0.3 is 10.0 Å². The van der Waals surface area contributed by atoms with Gasteiger partial charge in [0.25, 0.3) is 5.91 Å². The van der Waals surface area contributed by atoms with Crippen LogP contribution >= 0.6 is 0 Å². The molecule has 19 heavy (non-hydrogen) atoms. The minimum Gasteiger partial charge on any atom is -0.477 e. The monoisotopic (exact) mass is 264 g/mol. The van der Waals surface area contributed by atoms with E-state index in [1.807, 2.05) is 27.7 Å². The maximum Gasteiger partial charge on any atom is 0.354 e. The minimum absolute atomic E-state index is 0.0661. The Morgan fingerprint density at radius 3 is 2.42 bits per heavy atom. The molecule has 0 saturated carbocycles. The highest BCUT2D eigenvalue weighted by molar-refractivity contribution is 5.96. The summed E-state index contributed by atoms with van der Waals surface area (Å²) >= 11 is 0. The van der Waals surface area contributed by atoms with E-state index in [0.29, 0.717) is 18.0 Å². The Hall–Kier alpha value is -1.91. The first-order valence-electron chi connectivity index (χ1n) is 6.33. The van der Waals surface area contributed by atoms with Gasteiger partial charge in [-0.1, -0.05) is 13.8 Å². The molecule has 0 radical (unpaired) electrons. The SMILES string of the molecule is CC(C)CN(C(=O)c1ccnc(C(=O)O)c1)C(C)C. The fourth-order valence-electron chi connectivity index (χ4n) is 1.77. The average Bonchev–Trinajstić information content (AvgIpc) is 2.34. The Bertz CT molecular complexity index is 470. The van der Waals surface area contributed by atoms with Crippen molar-refractivity contribution in [1.82, 2.24) is 9.88 Å². The molecule has 1 aromatic heterocycles. The molecule has 1 rings (SSSR count). The van der Waals surface area contributed by atoms with E-state index in [1.54, 1.807) is 11.0 Å². The number of carboxylic acid groups (broad SMARTS) is 1. The number of carbonyl (C=O) groups excluding carboxylic acids is 1. The number of nitrogens with zero attached hydrogens (tertiary/aromatic N) is 2. The molecule has 5 nitrogen and oxygen atoms in total. The van der Waals surface area contributed by atoms with Crippen molar-refractivity contribution in [1.29, 1.82) is 0 Å². The lowest BCUT2D eigenvalue weighted by Crippen LogP contribution is -2.39. The van der Waals surface area contributed by atoms with Crippen molar-refractivity contribution in [3.8, 4) is 0 Å². The molecule has 0 aliphatic heterocycles. The summed E-state index contributed by atoms with van der Waals surface area (Å²) in [5.74, 6) is -0.935. The van der Waals surface area contributed by atoms with Gasteiger partial charge in [-0.3, -0.25) is 4.79 Å². The molecule has 0 aliphatic carbocycles. The lowest BCUT2D eigenvalue weighted by atomic mass is 10.1. The number of aromatic nitrogens is 1. The summed E-state index contributed by atoms with van der Waals surface area (Å²) in [6, 6.07) is 2.93. The van der Waals surface area contributed by atoms with Gasteiger partial charge in [-0.05, 0) is 31.9 Å². The third-order valence-electron chi connectivity index (χ3n) is 2.67. The largest absolute Gasteiger partial charge is 0.477 e. The van der Waals surface area contributed by atoms with Crippen LogP contribution in [0.2, 0.25) is 0 Å². The standard InChI is InChI=1S/C14H20N2O3/c1-9(2)8-16(10(3)4)13(17)11-5-6-15-12(7-11)14(18)19/h5-7,9-10H,8H2,1-4H3,(H,18,19). The van der Waals surface area contributed by atoms with Crippen molar-refractivity contribution in [3.05, 3.63) is 29.6 Å². The highest BCUT2D eigenvalue weighted by atomic mass is 16.4. The molecule has 0 unspecified atom stereocenters. The van der Waals surface area contributed by atoms with Gasteiger partial charge in [-0.2, -0.15) is 0 Å². The summed E-state index contributed by atoms with van der Waals surface area (Å²) in [4.78, 5) is 28.7. The van der Waals surface area contributed by atoms with Gasteiger partial charge >= 0.3 is 5.97 Å². The Morgan fingerprint density at radius 2 is 1.95 bits per heavy atom. The van der Waals surface area contributed by atoms with Crippen LogP contribution in [0.15, 0.2) is 18.3 Å². The second kappa shape index (κ2) is 6.31. The molecule has 0 aliphatic rings. The second-order valence-electron chi connectivity index (χ2n) is 5.18. The van der Waals surface area contributed by atoms with E-state index in [0.717, 1.165) is 0 Å². The summed E-state index contributed by atoms with van der Waals surface area (Å²) in [5.41, 5.74) is 0.251. The van der Waals surface area contributed by atoms with E-state index in [2.05, 4.69) is 4.98 Å². The molecule has 1 heterocycles. The van der Waals surface area contributed by atoms with Gasteiger partial charge in [0.05, 0.1) is 0 Å². The van der Waals surface area contributed by atoms with Crippen LogP contribution in [0.3, 0.4) is 0 Å². The minimum atomic E-state index is -1.13. The van der Waals surface area contributed by atoms with Gasteiger partial charge in [0.2, 0.25) is 0 Å². The number of aromatic carboxylic acids is 1. The molecule has 1 amide bonds. The van der Waals surface area contributed by atoms with E-state index in [1.165, 1.54) is 12.3 Å². The third kappa shape index (κ3) is 4.05. The molecule has 0 bridgehead atoms. The Morgan fingerprint density at radius 1 is 1.32 bits per heavy atom. The number of carbonyl (C=O) groups is 2. The van der Waals surface area contributed by atoms with E-state index >= 15 is 0 Å². The molecular weight excluding hydrogens is 244 g/mol. The number of carboxylic acids is 1.